The van der Waals surface area contributed by atoms with Crippen molar-refractivity contribution in [2.24, 2.45) is 0 Å². The van der Waals surface area contributed by atoms with Gasteiger partial charge < -0.3 is 14.6 Å². The fraction of sp³-hybridized carbons (Fsp3) is 0.400. The van der Waals surface area contributed by atoms with Gasteiger partial charge in [0.15, 0.2) is 9.84 Å². The number of fused-ring (bicyclic) bond motifs is 1. The summed E-state index contributed by atoms with van der Waals surface area (Å²) in [5.74, 6) is 1.63. The van der Waals surface area contributed by atoms with E-state index in [1.54, 1.807) is 25.1 Å². The highest BCUT2D eigenvalue weighted by Gasteiger charge is 2.26. The molecule has 34 heavy (non-hydrogen) atoms. The number of hydrogen-bond donors (Lipinski definition) is 1. The van der Waals surface area contributed by atoms with Gasteiger partial charge in [-0.1, -0.05) is 30.3 Å². The molecular formula is C25H28N4O4S. The van der Waals surface area contributed by atoms with Crippen LogP contribution in [0.5, 0.6) is 5.75 Å². The number of rotatable bonds is 9. The lowest BCUT2D eigenvalue weighted by atomic mass is 10.0. The molecule has 2 aromatic carbocycles. The summed E-state index contributed by atoms with van der Waals surface area (Å²) in [6.45, 7) is 5.91. The topological polar surface area (TPSA) is 118 Å². The van der Waals surface area contributed by atoms with Crippen molar-refractivity contribution >= 4 is 9.84 Å². The fourth-order valence-corrected chi connectivity index (χ4v) is 4.88. The number of nitriles is 1. The van der Waals surface area contributed by atoms with Crippen molar-refractivity contribution in [2.75, 3.05) is 18.1 Å². The smallest absolute Gasteiger partial charge is 0.258 e. The van der Waals surface area contributed by atoms with Crippen LogP contribution in [-0.2, 0) is 16.3 Å². The van der Waals surface area contributed by atoms with Crippen LogP contribution in [0.1, 0.15) is 49.9 Å². The normalized spacial score (nSPS) is 15.3. The number of nitrogens with one attached hydrogen (secondary N) is 1. The lowest BCUT2D eigenvalue weighted by Gasteiger charge is -2.14. The first-order chi connectivity index (χ1) is 16.3. The third kappa shape index (κ3) is 5.13. The Morgan fingerprint density at radius 2 is 2.12 bits per heavy atom. The van der Waals surface area contributed by atoms with Gasteiger partial charge in [-0.2, -0.15) is 10.2 Å². The zero-order valence-electron chi connectivity index (χ0n) is 19.5. The molecule has 1 heterocycles. The molecule has 178 valence electrons. The fourth-order valence-electron chi connectivity index (χ4n) is 4.17. The number of ether oxygens (including phenoxy) is 1. The minimum atomic E-state index is -3.00. The van der Waals surface area contributed by atoms with Crippen LogP contribution in [0.25, 0.3) is 22.8 Å². The second-order valence-corrected chi connectivity index (χ2v) is 11.0. The van der Waals surface area contributed by atoms with Gasteiger partial charge in [0.25, 0.3) is 5.89 Å². The lowest BCUT2D eigenvalue weighted by molar-refractivity contribution is 0.241. The second kappa shape index (κ2) is 9.95. The molecule has 1 aliphatic carbocycles. The minimum absolute atomic E-state index is 0.0394. The van der Waals surface area contributed by atoms with Gasteiger partial charge in [0.1, 0.15) is 11.8 Å². The maximum Gasteiger partial charge on any atom is 0.258 e. The molecule has 0 amide bonds. The summed E-state index contributed by atoms with van der Waals surface area (Å²) in [4.78, 5) is 4.60. The van der Waals surface area contributed by atoms with E-state index in [1.807, 2.05) is 26.0 Å². The van der Waals surface area contributed by atoms with Crippen molar-refractivity contribution in [3.8, 4) is 34.7 Å². The highest BCUT2D eigenvalue weighted by molar-refractivity contribution is 7.91. The molecule has 0 spiro atoms. The standard InChI is InChI=1S/C25H28N4O4S/c1-4-34(30,31)13-12-27-22-10-9-19-20(22)6-5-7-21(19)24-28-25(33-29-24)17-8-11-23(32-16(2)3)18(14-17)15-26/h5-8,11,14,16,22,27H,4,9-10,12-13H2,1-3H3. The molecule has 1 N–H and O–H groups in total. The van der Waals surface area contributed by atoms with Gasteiger partial charge in [-0.05, 0) is 56.0 Å². The van der Waals surface area contributed by atoms with Crippen LogP contribution < -0.4 is 10.1 Å². The first-order valence-corrected chi connectivity index (χ1v) is 13.2. The summed E-state index contributed by atoms with van der Waals surface area (Å²) in [6.07, 6.45) is 1.68. The predicted octanol–water partition coefficient (Wildman–Crippen LogP) is 4.07. The minimum Gasteiger partial charge on any atom is -0.490 e. The number of nitrogens with zero attached hydrogens (tertiary/aromatic N) is 3. The quantitative estimate of drug-likeness (QED) is 0.487. The Balaban J connectivity index is 1.55. The molecule has 0 aliphatic heterocycles. The van der Waals surface area contributed by atoms with E-state index in [1.165, 1.54) is 0 Å². The second-order valence-electron chi connectivity index (χ2n) is 8.57. The van der Waals surface area contributed by atoms with Crippen LogP contribution in [0.3, 0.4) is 0 Å². The third-order valence-electron chi connectivity index (χ3n) is 5.89. The van der Waals surface area contributed by atoms with E-state index in [4.69, 9.17) is 9.26 Å². The Bertz CT molecular complexity index is 1320. The number of aromatic nitrogens is 2. The van der Waals surface area contributed by atoms with E-state index >= 15 is 0 Å². The highest BCUT2D eigenvalue weighted by Crippen LogP contribution is 2.37. The molecule has 9 heteroatoms. The third-order valence-corrected chi connectivity index (χ3v) is 7.60. The molecule has 3 aromatic rings. The van der Waals surface area contributed by atoms with Crippen molar-refractivity contribution in [3.05, 3.63) is 53.1 Å². The van der Waals surface area contributed by atoms with Crippen LogP contribution in [0.2, 0.25) is 0 Å². The summed E-state index contributed by atoms with van der Waals surface area (Å²) in [5.41, 5.74) is 4.24. The summed E-state index contributed by atoms with van der Waals surface area (Å²) in [7, 11) is -3.00. The maximum atomic E-state index is 11.8. The first-order valence-electron chi connectivity index (χ1n) is 11.4. The van der Waals surface area contributed by atoms with Crippen LogP contribution in [0, 0.1) is 11.3 Å². The van der Waals surface area contributed by atoms with Crippen LogP contribution in [-0.4, -0.2) is 42.7 Å². The van der Waals surface area contributed by atoms with Gasteiger partial charge in [0.05, 0.1) is 17.4 Å². The zero-order valence-corrected chi connectivity index (χ0v) is 20.4. The van der Waals surface area contributed by atoms with Crippen LogP contribution in [0.15, 0.2) is 40.9 Å². The molecule has 0 saturated heterocycles. The van der Waals surface area contributed by atoms with Crippen molar-refractivity contribution in [1.82, 2.24) is 15.5 Å². The van der Waals surface area contributed by atoms with Crippen molar-refractivity contribution in [2.45, 2.75) is 45.8 Å². The largest absolute Gasteiger partial charge is 0.490 e. The monoisotopic (exact) mass is 480 g/mol. The van der Waals surface area contributed by atoms with Gasteiger partial charge in [-0.3, -0.25) is 0 Å². The van der Waals surface area contributed by atoms with E-state index in [0.29, 0.717) is 35.1 Å². The molecule has 0 saturated carbocycles. The number of hydrogen-bond acceptors (Lipinski definition) is 8. The first kappa shape index (κ1) is 23.9. The molecule has 0 radical (unpaired) electrons. The van der Waals surface area contributed by atoms with Crippen LogP contribution >= 0.6 is 0 Å². The molecule has 0 bridgehead atoms. The van der Waals surface area contributed by atoms with Crippen LogP contribution in [0.4, 0.5) is 0 Å². The van der Waals surface area contributed by atoms with E-state index in [2.05, 4.69) is 27.6 Å². The lowest BCUT2D eigenvalue weighted by Crippen LogP contribution is -2.26. The Morgan fingerprint density at radius 3 is 2.85 bits per heavy atom. The van der Waals surface area contributed by atoms with E-state index in [-0.39, 0.29) is 23.7 Å². The van der Waals surface area contributed by atoms with Crippen molar-refractivity contribution < 1.29 is 17.7 Å². The van der Waals surface area contributed by atoms with E-state index in [9.17, 15) is 13.7 Å². The molecule has 0 fully saturated rings. The Morgan fingerprint density at radius 1 is 1.29 bits per heavy atom. The number of benzene rings is 2. The van der Waals surface area contributed by atoms with Crippen molar-refractivity contribution in [3.63, 3.8) is 0 Å². The van der Waals surface area contributed by atoms with Gasteiger partial charge >= 0.3 is 0 Å². The van der Waals surface area contributed by atoms with E-state index in [0.717, 1.165) is 29.5 Å². The maximum absolute atomic E-state index is 11.8. The SMILES string of the molecule is CCS(=O)(=O)CCNC1CCc2c(-c3noc(-c4ccc(OC(C)C)c(C#N)c4)n3)cccc21. The number of sulfone groups is 1. The van der Waals surface area contributed by atoms with Gasteiger partial charge in [0, 0.05) is 29.5 Å². The molecule has 8 nitrogen and oxygen atoms in total. The van der Waals surface area contributed by atoms with Gasteiger partial charge in [-0.25, -0.2) is 8.42 Å². The van der Waals surface area contributed by atoms with E-state index < -0.39 is 9.84 Å². The molecule has 1 unspecified atom stereocenters. The Kier molecular flexibility index (Phi) is 7.00. The molecular weight excluding hydrogens is 452 g/mol. The molecule has 4 rings (SSSR count). The summed E-state index contributed by atoms with van der Waals surface area (Å²) < 4.78 is 34.8. The molecule has 1 aliphatic rings. The predicted molar refractivity (Wildman–Crippen MR) is 129 cm³/mol. The zero-order chi connectivity index (χ0) is 24.3. The highest BCUT2D eigenvalue weighted by atomic mass is 32.2. The molecule has 1 atom stereocenters. The average molecular weight is 481 g/mol. The van der Waals surface area contributed by atoms with Gasteiger partial charge in [-0.15, -0.1) is 0 Å². The summed E-state index contributed by atoms with van der Waals surface area (Å²) >= 11 is 0. The van der Waals surface area contributed by atoms with Crippen molar-refractivity contribution in [1.29, 1.82) is 5.26 Å². The Labute approximate surface area is 199 Å². The average Bonchev–Trinajstić information content (AvgIpc) is 3.47. The summed E-state index contributed by atoms with van der Waals surface area (Å²) in [6, 6.07) is 13.5. The van der Waals surface area contributed by atoms with Gasteiger partial charge in [0.2, 0.25) is 5.82 Å². The summed E-state index contributed by atoms with van der Waals surface area (Å²) in [5, 5.41) is 17.1. The molecule has 1 aromatic heterocycles. The Hall–Kier alpha value is -3.22.